The van der Waals surface area contributed by atoms with E-state index in [9.17, 15) is 4.79 Å². The van der Waals surface area contributed by atoms with E-state index in [4.69, 9.17) is 14.0 Å². The minimum atomic E-state index is -0.265. The molecule has 3 aromatic rings. The standard InChI is InChI=1S/C16H14N4O4S/c1-2-20-6-5-13(21)17-16(20)25-8-14-18-15(19-24-14)10-3-4-11-12(7-10)23-9-22-11/h3-7H,2,8-9H2,1H3. The quantitative estimate of drug-likeness (QED) is 0.507. The summed E-state index contributed by atoms with van der Waals surface area (Å²) in [7, 11) is 0. The molecule has 0 aliphatic carbocycles. The fourth-order valence-electron chi connectivity index (χ4n) is 2.36. The van der Waals surface area contributed by atoms with Crippen molar-refractivity contribution >= 4 is 11.8 Å². The number of aromatic nitrogens is 4. The highest BCUT2D eigenvalue weighted by molar-refractivity contribution is 7.98. The fraction of sp³-hybridized carbons (Fsp3) is 0.250. The number of ether oxygens (including phenoxy) is 2. The first-order chi connectivity index (χ1) is 12.2. The van der Waals surface area contributed by atoms with E-state index in [2.05, 4.69) is 15.1 Å². The van der Waals surface area contributed by atoms with Crippen molar-refractivity contribution in [3.8, 4) is 22.9 Å². The third-order valence-electron chi connectivity index (χ3n) is 3.61. The molecule has 0 saturated heterocycles. The maximum absolute atomic E-state index is 11.4. The molecule has 3 heterocycles. The largest absolute Gasteiger partial charge is 0.454 e. The van der Waals surface area contributed by atoms with Gasteiger partial charge in [0, 0.05) is 24.4 Å². The van der Waals surface area contributed by atoms with Gasteiger partial charge in [0.1, 0.15) is 0 Å². The van der Waals surface area contributed by atoms with Crippen molar-refractivity contribution in [3.63, 3.8) is 0 Å². The number of fused-ring (bicyclic) bond motifs is 1. The Balaban J connectivity index is 1.50. The summed E-state index contributed by atoms with van der Waals surface area (Å²) in [5.41, 5.74) is 0.520. The minimum Gasteiger partial charge on any atom is -0.454 e. The molecule has 0 radical (unpaired) electrons. The molecular weight excluding hydrogens is 344 g/mol. The lowest BCUT2D eigenvalue weighted by molar-refractivity contribution is 0.174. The van der Waals surface area contributed by atoms with E-state index in [-0.39, 0.29) is 12.4 Å². The van der Waals surface area contributed by atoms with Gasteiger partial charge in [0.25, 0.3) is 5.56 Å². The summed E-state index contributed by atoms with van der Waals surface area (Å²) in [5, 5.41) is 4.62. The van der Waals surface area contributed by atoms with Gasteiger partial charge in [-0.3, -0.25) is 4.79 Å². The van der Waals surface area contributed by atoms with E-state index in [1.165, 1.54) is 17.8 Å². The highest BCUT2D eigenvalue weighted by Crippen LogP contribution is 2.35. The van der Waals surface area contributed by atoms with E-state index < -0.39 is 0 Å². The van der Waals surface area contributed by atoms with Crippen molar-refractivity contribution in [1.82, 2.24) is 19.7 Å². The van der Waals surface area contributed by atoms with Gasteiger partial charge < -0.3 is 18.6 Å². The molecule has 0 atom stereocenters. The Labute approximate surface area is 146 Å². The van der Waals surface area contributed by atoms with Crippen molar-refractivity contribution < 1.29 is 14.0 Å². The molecule has 0 saturated carbocycles. The minimum absolute atomic E-state index is 0.218. The third kappa shape index (κ3) is 3.22. The number of aryl methyl sites for hydroxylation is 1. The summed E-state index contributed by atoms with van der Waals surface area (Å²) in [4.78, 5) is 19.8. The van der Waals surface area contributed by atoms with Gasteiger partial charge in [0.15, 0.2) is 16.7 Å². The van der Waals surface area contributed by atoms with Gasteiger partial charge in [-0.15, -0.1) is 0 Å². The number of nitrogens with zero attached hydrogens (tertiary/aromatic N) is 4. The van der Waals surface area contributed by atoms with Gasteiger partial charge in [-0.25, -0.2) is 0 Å². The van der Waals surface area contributed by atoms with Crippen LogP contribution in [0.4, 0.5) is 0 Å². The molecule has 128 valence electrons. The molecule has 9 heteroatoms. The van der Waals surface area contributed by atoms with Gasteiger partial charge in [0.05, 0.1) is 5.75 Å². The molecule has 8 nitrogen and oxygen atoms in total. The third-order valence-corrected chi connectivity index (χ3v) is 4.59. The molecule has 0 amide bonds. The van der Waals surface area contributed by atoms with Crippen molar-refractivity contribution in [2.75, 3.05) is 6.79 Å². The van der Waals surface area contributed by atoms with Crippen LogP contribution in [0.3, 0.4) is 0 Å². The molecule has 1 aliphatic heterocycles. The van der Waals surface area contributed by atoms with Crippen LogP contribution in [0.2, 0.25) is 0 Å². The normalized spacial score (nSPS) is 12.5. The lowest BCUT2D eigenvalue weighted by Gasteiger charge is -2.07. The Morgan fingerprint density at radius 1 is 1.20 bits per heavy atom. The van der Waals surface area contributed by atoms with Crippen LogP contribution in [0, 0.1) is 0 Å². The first kappa shape index (κ1) is 15.7. The predicted octanol–water partition coefficient (Wildman–Crippen LogP) is 2.33. The number of hydrogen-bond acceptors (Lipinski definition) is 8. The molecule has 0 bridgehead atoms. The summed E-state index contributed by atoms with van der Waals surface area (Å²) in [6, 6.07) is 6.93. The van der Waals surface area contributed by atoms with E-state index in [1.54, 1.807) is 6.20 Å². The van der Waals surface area contributed by atoms with Gasteiger partial charge in [0.2, 0.25) is 18.5 Å². The number of rotatable bonds is 5. The first-order valence-electron chi connectivity index (χ1n) is 7.66. The Morgan fingerprint density at radius 2 is 2.08 bits per heavy atom. The molecule has 0 N–H and O–H groups in total. The summed E-state index contributed by atoms with van der Waals surface area (Å²) < 4.78 is 17.8. The second-order valence-corrected chi connectivity index (χ2v) is 6.15. The Bertz CT molecular complexity index is 969. The van der Waals surface area contributed by atoms with E-state index in [0.717, 1.165) is 12.1 Å². The first-order valence-corrected chi connectivity index (χ1v) is 8.64. The monoisotopic (exact) mass is 358 g/mol. The van der Waals surface area contributed by atoms with E-state index >= 15 is 0 Å². The highest BCUT2D eigenvalue weighted by atomic mass is 32.2. The maximum atomic E-state index is 11.4. The molecule has 0 unspecified atom stereocenters. The van der Waals surface area contributed by atoms with Gasteiger partial charge in [-0.2, -0.15) is 9.97 Å². The summed E-state index contributed by atoms with van der Waals surface area (Å²) in [6.45, 7) is 2.93. The lowest BCUT2D eigenvalue weighted by Crippen LogP contribution is -2.12. The van der Waals surface area contributed by atoms with Crippen LogP contribution in [0.15, 0.2) is 44.9 Å². The fourth-order valence-corrected chi connectivity index (χ4v) is 3.24. The summed E-state index contributed by atoms with van der Waals surface area (Å²) in [6.07, 6.45) is 1.73. The Morgan fingerprint density at radius 3 is 2.96 bits per heavy atom. The van der Waals surface area contributed by atoms with Crippen molar-refractivity contribution in [1.29, 1.82) is 0 Å². The molecule has 1 aliphatic rings. The Hall–Kier alpha value is -2.81. The second-order valence-electron chi connectivity index (χ2n) is 5.20. The van der Waals surface area contributed by atoms with Crippen LogP contribution in [0.5, 0.6) is 11.5 Å². The zero-order valence-corrected chi connectivity index (χ0v) is 14.2. The zero-order chi connectivity index (χ0) is 17.2. The van der Waals surface area contributed by atoms with Crippen LogP contribution in [-0.4, -0.2) is 26.5 Å². The topological polar surface area (TPSA) is 92.3 Å². The summed E-state index contributed by atoms with van der Waals surface area (Å²) in [5.74, 6) is 2.73. The predicted molar refractivity (Wildman–Crippen MR) is 89.6 cm³/mol. The zero-order valence-electron chi connectivity index (χ0n) is 13.3. The molecule has 1 aromatic carbocycles. The van der Waals surface area contributed by atoms with E-state index in [0.29, 0.717) is 34.1 Å². The van der Waals surface area contributed by atoms with Gasteiger partial charge >= 0.3 is 0 Å². The second kappa shape index (κ2) is 6.60. The van der Waals surface area contributed by atoms with Crippen LogP contribution in [-0.2, 0) is 12.3 Å². The van der Waals surface area contributed by atoms with Crippen molar-refractivity contribution in [2.45, 2.75) is 24.4 Å². The smallest absolute Gasteiger partial charge is 0.273 e. The average Bonchev–Trinajstić information content (AvgIpc) is 3.28. The van der Waals surface area contributed by atoms with Crippen LogP contribution >= 0.6 is 11.8 Å². The number of benzene rings is 1. The van der Waals surface area contributed by atoms with Crippen molar-refractivity contribution in [2.24, 2.45) is 0 Å². The van der Waals surface area contributed by atoms with Crippen LogP contribution in [0.25, 0.3) is 11.4 Å². The van der Waals surface area contributed by atoms with Gasteiger partial charge in [-0.1, -0.05) is 16.9 Å². The maximum Gasteiger partial charge on any atom is 0.273 e. The van der Waals surface area contributed by atoms with Crippen molar-refractivity contribution in [3.05, 3.63) is 46.7 Å². The average molecular weight is 358 g/mol. The molecule has 4 rings (SSSR count). The molecule has 25 heavy (non-hydrogen) atoms. The SMILES string of the molecule is CCn1ccc(=O)nc1SCc1nc(-c2ccc3c(c2)OCO3)no1. The summed E-state index contributed by atoms with van der Waals surface area (Å²) >= 11 is 1.38. The van der Waals surface area contributed by atoms with Crippen LogP contribution in [0.1, 0.15) is 12.8 Å². The molecular formula is C16H14N4O4S. The number of hydrogen-bond donors (Lipinski definition) is 0. The molecule has 0 fully saturated rings. The van der Waals surface area contributed by atoms with E-state index in [1.807, 2.05) is 29.7 Å². The Kier molecular flexibility index (Phi) is 4.14. The molecule has 0 spiro atoms. The number of thioether (sulfide) groups is 1. The lowest BCUT2D eigenvalue weighted by atomic mass is 10.2. The van der Waals surface area contributed by atoms with Gasteiger partial charge in [-0.05, 0) is 25.1 Å². The molecule has 2 aromatic heterocycles. The van der Waals surface area contributed by atoms with Crippen LogP contribution < -0.4 is 15.0 Å². The highest BCUT2D eigenvalue weighted by Gasteiger charge is 2.17.